The van der Waals surface area contributed by atoms with Crippen LogP contribution in [0.2, 0.25) is 5.02 Å². The number of nitro groups is 1. The zero-order chi connectivity index (χ0) is 18.3. The number of benzene rings is 1. The minimum Gasteiger partial charge on any atom is -0.325 e. The van der Waals surface area contributed by atoms with Crippen molar-refractivity contribution >= 4 is 52.4 Å². The summed E-state index contributed by atoms with van der Waals surface area (Å²) in [7, 11) is 0. The number of thioether (sulfide) groups is 2. The van der Waals surface area contributed by atoms with Crippen LogP contribution in [-0.4, -0.2) is 26.4 Å². The Morgan fingerprint density at radius 2 is 1.88 bits per heavy atom. The molecule has 2 atom stereocenters. The van der Waals surface area contributed by atoms with Gasteiger partial charge < -0.3 is 5.32 Å². The van der Waals surface area contributed by atoms with Crippen molar-refractivity contribution in [2.24, 2.45) is 17.8 Å². The lowest BCUT2D eigenvalue weighted by atomic mass is 9.67. The minimum absolute atomic E-state index is 0.000463. The summed E-state index contributed by atoms with van der Waals surface area (Å²) < 4.78 is 0.347. The van der Waals surface area contributed by atoms with Crippen LogP contribution in [0, 0.1) is 27.9 Å². The van der Waals surface area contributed by atoms with Crippen molar-refractivity contribution in [2.45, 2.75) is 36.2 Å². The number of hydrogen-bond acceptors (Lipinski definition) is 5. The fraction of sp³-hybridized carbons (Fsp3) is 0.611. The lowest BCUT2D eigenvalue weighted by Gasteiger charge is -2.52. The third-order valence-corrected chi connectivity index (χ3v) is 10.2. The van der Waals surface area contributed by atoms with Crippen molar-refractivity contribution in [2.75, 3.05) is 16.8 Å². The second-order valence-corrected chi connectivity index (χ2v) is 10.7. The fourth-order valence-corrected chi connectivity index (χ4v) is 8.94. The van der Waals surface area contributed by atoms with Gasteiger partial charge in [-0.05, 0) is 43.6 Å². The van der Waals surface area contributed by atoms with Crippen LogP contribution in [-0.2, 0) is 4.79 Å². The molecule has 5 nitrogen and oxygen atoms in total. The van der Waals surface area contributed by atoms with E-state index in [-0.39, 0.29) is 22.5 Å². The number of nitrogens with zero attached hydrogens (tertiary/aromatic N) is 1. The summed E-state index contributed by atoms with van der Waals surface area (Å²) >= 11 is 10.4. The number of amides is 1. The van der Waals surface area contributed by atoms with E-state index in [1.54, 1.807) is 0 Å². The van der Waals surface area contributed by atoms with Crippen molar-refractivity contribution in [1.82, 2.24) is 0 Å². The summed E-state index contributed by atoms with van der Waals surface area (Å²) in [6.07, 6.45) is 5.59. The SMILES string of the molecule is O=C(Nc1ccc([N+](=O)[O-])cc1Cl)C1CC2CCCC(C1)C21SCCS1. The zero-order valence-electron chi connectivity index (χ0n) is 14.3. The first-order chi connectivity index (χ1) is 12.5. The number of anilines is 1. The molecule has 0 aromatic heterocycles. The first-order valence-corrected chi connectivity index (χ1v) is 11.4. The zero-order valence-corrected chi connectivity index (χ0v) is 16.7. The molecule has 1 N–H and O–H groups in total. The standard InChI is InChI=1S/C18H21ClN2O3S2/c19-15-10-14(21(23)24)4-5-16(15)20-17(22)11-8-12-2-1-3-13(9-11)18(12)25-6-7-26-18/h4-5,10-13H,1-3,6-9H2,(H,20,22). The first-order valence-electron chi connectivity index (χ1n) is 9.02. The third kappa shape index (κ3) is 3.22. The van der Waals surface area contributed by atoms with E-state index in [4.69, 9.17) is 11.6 Å². The molecular weight excluding hydrogens is 392 g/mol. The largest absolute Gasteiger partial charge is 0.325 e. The monoisotopic (exact) mass is 412 g/mol. The molecule has 2 bridgehead atoms. The molecule has 2 aliphatic carbocycles. The molecule has 1 aliphatic heterocycles. The molecule has 2 saturated carbocycles. The molecule has 1 amide bonds. The minimum atomic E-state index is -0.490. The normalized spacial score (nSPS) is 29.5. The van der Waals surface area contributed by atoms with Gasteiger partial charge in [-0.25, -0.2) is 0 Å². The summed E-state index contributed by atoms with van der Waals surface area (Å²) in [6.45, 7) is 0. The smallest absolute Gasteiger partial charge is 0.271 e. The predicted molar refractivity (Wildman–Crippen MR) is 108 cm³/mol. The van der Waals surface area contributed by atoms with E-state index in [2.05, 4.69) is 28.8 Å². The van der Waals surface area contributed by atoms with E-state index >= 15 is 0 Å². The lowest BCUT2D eigenvalue weighted by Crippen LogP contribution is -2.48. The van der Waals surface area contributed by atoms with Crippen LogP contribution in [0.25, 0.3) is 0 Å². The van der Waals surface area contributed by atoms with Crippen LogP contribution in [0.1, 0.15) is 32.1 Å². The van der Waals surface area contributed by atoms with E-state index in [0.717, 1.165) is 12.8 Å². The summed E-state index contributed by atoms with van der Waals surface area (Å²) in [5.74, 6) is 3.68. The number of hydrogen-bond donors (Lipinski definition) is 1. The molecule has 1 heterocycles. The maximum absolute atomic E-state index is 12.9. The molecule has 8 heteroatoms. The molecule has 140 valence electrons. The Balaban J connectivity index is 1.47. The van der Waals surface area contributed by atoms with Gasteiger partial charge in [0.05, 0.1) is 19.7 Å². The number of rotatable bonds is 3. The van der Waals surface area contributed by atoms with Gasteiger partial charge in [0.1, 0.15) is 0 Å². The lowest BCUT2D eigenvalue weighted by molar-refractivity contribution is -0.384. The van der Waals surface area contributed by atoms with Crippen LogP contribution < -0.4 is 5.32 Å². The van der Waals surface area contributed by atoms with Crippen LogP contribution >= 0.6 is 35.1 Å². The maximum atomic E-state index is 12.9. The Hall–Kier alpha value is -0.920. The van der Waals surface area contributed by atoms with E-state index in [1.165, 1.54) is 49.0 Å². The highest BCUT2D eigenvalue weighted by atomic mass is 35.5. The molecule has 1 saturated heterocycles. The van der Waals surface area contributed by atoms with Crippen LogP contribution in [0.3, 0.4) is 0 Å². The van der Waals surface area contributed by atoms with Crippen molar-refractivity contribution in [3.63, 3.8) is 0 Å². The van der Waals surface area contributed by atoms with E-state index < -0.39 is 4.92 Å². The number of nitrogens with one attached hydrogen (secondary N) is 1. The summed E-state index contributed by atoms with van der Waals surface area (Å²) in [6, 6.07) is 4.18. The quantitative estimate of drug-likeness (QED) is 0.546. The molecule has 26 heavy (non-hydrogen) atoms. The second-order valence-electron chi connectivity index (χ2n) is 7.32. The number of carbonyl (C=O) groups is 1. The second kappa shape index (κ2) is 7.24. The number of non-ortho nitro benzene ring substituents is 1. The van der Waals surface area contributed by atoms with E-state index in [1.807, 2.05) is 0 Å². The highest BCUT2D eigenvalue weighted by Gasteiger charge is 2.55. The topological polar surface area (TPSA) is 72.2 Å². The molecule has 3 aliphatic rings. The number of carbonyl (C=O) groups excluding carboxylic acids is 1. The van der Waals surface area contributed by atoms with Gasteiger partial charge in [0.15, 0.2) is 0 Å². The highest BCUT2D eigenvalue weighted by molar-refractivity contribution is 8.21. The van der Waals surface area contributed by atoms with Crippen LogP contribution in [0.4, 0.5) is 11.4 Å². The Kier molecular flexibility index (Phi) is 5.14. The summed E-state index contributed by atoms with van der Waals surface area (Å²) in [5, 5.41) is 13.9. The fourth-order valence-electron chi connectivity index (χ4n) is 4.78. The van der Waals surface area contributed by atoms with Crippen LogP contribution in [0.15, 0.2) is 18.2 Å². The Labute approximate surface area is 166 Å². The van der Waals surface area contributed by atoms with Gasteiger partial charge in [-0.2, -0.15) is 0 Å². The summed E-state index contributed by atoms with van der Waals surface area (Å²) in [5.41, 5.74) is 0.384. The van der Waals surface area contributed by atoms with Gasteiger partial charge >= 0.3 is 0 Å². The van der Waals surface area contributed by atoms with Gasteiger partial charge in [0.2, 0.25) is 5.91 Å². The van der Waals surface area contributed by atoms with Crippen molar-refractivity contribution in [3.8, 4) is 0 Å². The van der Waals surface area contributed by atoms with Gasteiger partial charge in [0.25, 0.3) is 5.69 Å². The number of halogens is 1. The van der Waals surface area contributed by atoms with Crippen molar-refractivity contribution in [1.29, 1.82) is 0 Å². The van der Waals surface area contributed by atoms with Crippen molar-refractivity contribution in [3.05, 3.63) is 33.3 Å². The molecule has 4 rings (SSSR count). The molecule has 1 aromatic carbocycles. The Morgan fingerprint density at radius 1 is 1.23 bits per heavy atom. The maximum Gasteiger partial charge on any atom is 0.271 e. The molecule has 3 fully saturated rings. The van der Waals surface area contributed by atoms with Crippen molar-refractivity contribution < 1.29 is 9.72 Å². The van der Waals surface area contributed by atoms with Gasteiger partial charge in [-0.3, -0.25) is 14.9 Å². The molecular formula is C18H21ClN2O3S2. The van der Waals surface area contributed by atoms with Crippen LogP contribution in [0.5, 0.6) is 0 Å². The first kappa shape index (κ1) is 18.4. The van der Waals surface area contributed by atoms with Gasteiger partial charge in [-0.15, -0.1) is 23.5 Å². The average Bonchev–Trinajstić information content (AvgIpc) is 3.05. The summed E-state index contributed by atoms with van der Waals surface area (Å²) in [4.78, 5) is 23.2. The van der Waals surface area contributed by atoms with E-state index in [9.17, 15) is 14.9 Å². The van der Waals surface area contributed by atoms with E-state index in [0.29, 0.717) is 21.6 Å². The molecule has 1 spiro atoms. The Morgan fingerprint density at radius 3 is 2.46 bits per heavy atom. The van der Waals surface area contributed by atoms with Gasteiger partial charge in [0, 0.05) is 29.6 Å². The highest BCUT2D eigenvalue weighted by Crippen LogP contribution is 2.64. The predicted octanol–water partition coefficient (Wildman–Crippen LogP) is 5.19. The Bertz CT molecular complexity index is 723. The third-order valence-electron chi connectivity index (χ3n) is 5.91. The molecule has 0 radical (unpaired) electrons. The average molecular weight is 413 g/mol. The molecule has 2 unspecified atom stereocenters. The van der Waals surface area contributed by atoms with Gasteiger partial charge in [-0.1, -0.05) is 18.0 Å². The molecule has 1 aromatic rings. The number of nitro benzene ring substituents is 1.